The number of primary amides is 1. The van der Waals surface area contributed by atoms with Crippen molar-refractivity contribution in [2.75, 3.05) is 19.4 Å². The lowest BCUT2D eigenvalue weighted by Gasteiger charge is -2.53. The molecule has 1 aromatic rings. The highest BCUT2D eigenvalue weighted by molar-refractivity contribution is 6.24. The van der Waals surface area contributed by atoms with E-state index in [0.717, 1.165) is 0 Å². The Labute approximate surface area is 238 Å². The molecule has 15 heteroatoms. The predicted molar refractivity (Wildman–Crippen MR) is 144 cm³/mol. The van der Waals surface area contributed by atoms with Crippen LogP contribution in [0, 0.1) is 11.8 Å². The number of anilines is 1. The number of ketones is 2. The molecule has 2 amide bonds. The van der Waals surface area contributed by atoms with Gasteiger partial charge in [-0.3, -0.25) is 28.9 Å². The number of rotatable bonds is 7. The van der Waals surface area contributed by atoms with E-state index in [4.69, 9.17) is 16.6 Å². The molecule has 0 heterocycles. The lowest BCUT2D eigenvalue weighted by molar-refractivity contribution is -0.169. The first-order valence-electron chi connectivity index (χ1n) is 12.9. The molecule has 226 valence electrons. The largest absolute Gasteiger partial charge is 0.508 e. The first-order chi connectivity index (χ1) is 19.5. The highest BCUT2D eigenvalue weighted by Crippen LogP contribution is 2.56. The number of phenols is 1. The normalized spacial score (nSPS) is 29.5. The second kappa shape index (κ2) is 10.5. The van der Waals surface area contributed by atoms with Crippen LogP contribution < -0.4 is 16.8 Å². The summed E-state index contributed by atoms with van der Waals surface area (Å²) < 4.78 is 0. The molecule has 1 fully saturated rings. The summed E-state index contributed by atoms with van der Waals surface area (Å²) in [5.74, 6) is -12.4. The van der Waals surface area contributed by atoms with E-state index in [0.29, 0.717) is 0 Å². The summed E-state index contributed by atoms with van der Waals surface area (Å²) in [5.41, 5.74) is 6.05. The van der Waals surface area contributed by atoms with Crippen molar-refractivity contribution in [3.05, 3.63) is 40.2 Å². The number of aliphatic carboxylic acids is 1. The molecule has 4 unspecified atom stereocenters. The van der Waals surface area contributed by atoms with Crippen molar-refractivity contribution < 1.29 is 54.6 Å². The van der Waals surface area contributed by atoms with Gasteiger partial charge in [-0.2, -0.15) is 0 Å². The molecule has 0 aromatic heterocycles. The van der Waals surface area contributed by atoms with Crippen molar-refractivity contribution in [3.8, 4) is 5.75 Å². The number of hydrogen-bond donors (Lipinski definition) is 9. The number of phenolic OH excluding ortho intramolecular Hbond substituents is 1. The number of aromatic hydroxyl groups is 1. The minimum absolute atomic E-state index is 0.201. The number of nitrogens with one attached hydrogen (secondary N) is 1. The Kier molecular flexibility index (Phi) is 7.67. The third-order valence-electron chi connectivity index (χ3n) is 8.39. The van der Waals surface area contributed by atoms with Crippen LogP contribution in [0.5, 0.6) is 5.75 Å². The van der Waals surface area contributed by atoms with Gasteiger partial charge >= 0.3 is 5.97 Å². The Hall–Kier alpha value is -4.31. The second-order valence-corrected chi connectivity index (χ2v) is 11.0. The molecule has 0 saturated heterocycles. The maximum Gasteiger partial charge on any atom is 0.303 e. The standard InChI is InChI=1S/C27H32N4O11/c1-8-9-4-6-11(30-26(41)10(28)5-7-12(32)33)19(34)14(9)20(35)15-13(8)21(36)17-18(31(2)3)22(37)16(25(29)40)24(39)27(17,42)23(15)38/h4,6,8,10,13,17-18,21,34-36,39,42H,5,7,28H2,1-3H3,(H2,29,40)(H,30,41)(H,32,33)/t8?,10-,13?,17?,18-,21?,27-/m0/s1. The molecule has 15 nitrogen and oxygen atoms in total. The van der Waals surface area contributed by atoms with E-state index in [1.54, 1.807) is 6.92 Å². The number of carboxylic acid groups (broad SMARTS) is 1. The zero-order valence-electron chi connectivity index (χ0n) is 22.9. The second-order valence-electron chi connectivity index (χ2n) is 11.0. The first-order valence-corrected chi connectivity index (χ1v) is 12.9. The van der Waals surface area contributed by atoms with Gasteiger partial charge in [0.2, 0.25) is 11.7 Å². The molecular weight excluding hydrogens is 556 g/mol. The first kappa shape index (κ1) is 30.6. The van der Waals surface area contributed by atoms with E-state index in [1.807, 2.05) is 0 Å². The van der Waals surface area contributed by atoms with Crippen LogP contribution in [-0.2, 0) is 24.0 Å². The molecule has 4 rings (SSSR count). The molecular formula is C27H32N4O11. The predicted octanol–water partition coefficient (Wildman–Crippen LogP) is -1.37. The van der Waals surface area contributed by atoms with Gasteiger partial charge in [-0.05, 0) is 38.1 Å². The van der Waals surface area contributed by atoms with Crippen LogP contribution >= 0.6 is 0 Å². The monoisotopic (exact) mass is 588 g/mol. The van der Waals surface area contributed by atoms with E-state index in [1.165, 1.54) is 31.1 Å². The summed E-state index contributed by atoms with van der Waals surface area (Å²) in [6.45, 7) is 1.57. The molecule has 3 aliphatic carbocycles. The summed E-state index contributed by atoms with van der Waals surface area (Å²) in [7, 11) is 2.82. The highest BCUT2D eigenvalue weighted by Gasteiger charge is 2.68. The van der Waals surface area contributed by atoms with E-state index < -0.39 is 99.3 Å². The van der Waals surface area contributed by atoms with Gasteiger partial charge in [0.25, 0.3) is 5.91 Å². The van der Waals surface area contributed by atoms with Gasteiger partial charge in [0, 0.05) is 17.9 Å². The quantitative estimate of drug-likeness (QED) is 0.131. The van der Waals surface area contributed by atoms with Crippen molar-refractivity contribution in [2.24, 2.45) is 23.3 Å². The van der Waals surface area contributed by atoms with Crippen LogP contribution in [0.1, 0.15) is 36.8 Å². The fourth-order valence-electron chi connectivity index (χ4n) is 6.35. The van der Waals surface area contributed by atoms with Gasteiger partial charge in [0.05, 0.1) is 35.4 Å². The number of aliphatic hydroxyl groups excluding tert-OH is 3. The van der Waals surface area contributed by atoms with Crippen LogP contribution in [0.4, 0.5) is 5.69 Å². The molecule has 0 radical (unpaired) electrons. The number of fused-ring (bicyclic) bond motifs is 3. The number of nitrogens with zero attached hydrogens (tertiary/aromatic N) is 1. The van der Waals surface area contributed by atoms with Gasteiger partial charge in [-0.15, -0.1) is 0 Å². The van der Waals surface area contributed by atoms with E-state index in [2.05, 4.69) is 5.32 Å². The molecule has 7 atom stereocenters. The lowest BCUT2D eigenvalue weighted by Crippen LogP contribution is -2.70. The smallest absolute Gasteiger partial charge is 0.303 e. The Balaban J connectivity index is 1.87. The fraction of sp³-hybridized carbons (Fsp3) is 0.444. The SMILES string of the molecule is CC1c2ccc(NC(=O)[C@@H](N)CCC(=O)O)c(O)c2C(O)=C2C(=O)[C@]3(O)C(O)=C(C(N)=O)C(=O)[C@@H](N(C)C)C3C(O)C21. The van der Waals surface area contributed by atoms with Gasteiger partial charge in [-0.1, -0.05) is 13.0 Å². The average Bonchev–Trinajstić information content (AvgIpc) is 2.90. The Bertz CT molecular complexity index is 1480. The van der Waals surface area contributed by atoms with Crippen LogP contribution in [0.15, 0.2) is 29.0 Å². The summed E-state index contributed by atoms with van der Waals surface area (Å²) in [5, 5.41) is 67.8. The zero-order valence-corrected chi connectivity index (χ0v) is 22.9. The average molecular weight is 589 g/mol. The molecule has 3 aliphatic rings. The summed E-state index contributed by atoms with van der Waals surface area (Å²) in [6.07, 6.45) is -2.33. The van der Waals surface area contributed by atoms with Crippen molar-refractivity contribution in [1.82, 2.24) is 4.90 Å². The highest BCUT2D eigenvalue weighted by atomic mass is 16.4. The third kappa shape index (κ3) is 4.32. The van der Waals surface area contributed by atoms with Gasteiger partial charge in [-0.25, -0.2) is 0 Å². The topological polar surface area (TPSA) is 274 Å². The number of aliphatic hydroxyl groups is 4. The number of carbonyl (C=O) groups excluding carboxylic acids is 4. The van der Waals surface area contributed by atoms with Crippen molar-refractivity contribution in [1.29, 1.82) is 0 Å². The molecule has 11 N–H and O–H groups in total. The van der Waals surface area contributed by atoms with Crippen LogP contribution in [0.2, 0.25) is 0 Å². The number of carbonyl (C=O) groups is 5. The molecule has 42 heavy (non-hydrogen) atoms. The van der Waals surface area contributed by atoms with Crippen molar-refractivity contribution in [2.45, 2.75) is 49.5 Å². The summed E-state index contributed by atoms with van der Waals surface area (Å²) >= 11 is 0. The van der Waals surface area contributed by atoms with Crippen molar-refractivity contribution in [3.63, 3.8) is 0 Å². The maximum atomic E-state index is 14.0. The molecule has 1 aromatic carbocycles. The van der Waals surface area contributed by atoms with Crippen LogP contribution in [0.3, 0.4) is 0 Å². The van der Waals surface area contributed by atoms with Gasteiger partial charge < -0.3 is 47.4 Å². The van der Waals surface area contributed by atoms with Gasteiger partial charge in [0.15, 0.2) is 11.4 Å². The minimum Gasteiger partial charge on any atom is -0.508 e. The Morgan fingerprint density at radius 2 is 1.76 bits per heavy atom. The number of hydrogen-bond acceptors (Lipinski definition) is 12. The summed E-state index contributed by atoms with van der Waals surface area (Å²) in [6, 6.07) is -0.0124. The number of amides is 2. The number of Topliss-reactive ketones (excluding diaryl/α,β-unsaturated/α-hetero) is 2. The molecule has 0 bridgehead atoms. The fourth-order valence-corrected chi connectivity index (χ4v) is 6.35. The number of benzene rings is 1. The molecule has 0 aliphatic heterocycles. The van der Waals surface area contributed by atoms with E-state index in [-0.39, 0.29) is 29.7 Å². The maximum absolute atomic E-state index is 14.0. The van der Waals surface area contributed by atoms with Crippen LogP contribution in [-0.4, -0.2) is 103 Å². The van der Waals surface area contributed by atoms with Crippen LogP contribution in [0.25, 0.3) is 5.76 Å². The molecule has 0 spiro atoms. The Morgan fingerprint density at radius 3 is 2.31 bits per heavy atom. The zero-order chi connectivity index (χ0) is 31.6. The number of likely N-dealkylation sites (N-methyl/N-ethyl adjacent to an activating group) is 1. The Morgan fingerprint density at radius 1 is 1.14 bits per heavy atom. The summed E-state index contributed by atoms with van der Waals surface area (Å²) in [4.78, 5) is 63.9. The third-order valence-corrected chi connectivity index (χ3v) is 8.39. The number of carboxylic acids is 1. The molecule has 1 saturated carbocycles. The number of nitrogens with two attached hydrogens (primary N) is 2. The van der Waals surface area contributed by atoms with Gasteiger partial charge in [0.1, 0.15) is 22.8 Å². The lowest BCUT2D eigenvalue weighted by atomic mass is 9.54. The minimum atomic E-state index is -3.05. The van der Waals surface area contributed by atoms with Crippen molar-refractivity contribution >= 4 is 40.8 Å². The van der Waals surface area contributed by atoms with E-state index in [9.17, 15) is 49.5 Å². The van der Waals surface area contributed by atoms with E-state index >= 15 is 0 Å².